The normalized spacial score (nSPS) is 11.8. The van der Waals surface area contributed by atoms with Crippen molar-refractivity contribution in [2.24, 2.45) is 0 Å². The molecule has 100 valence electrons. The van der Waals surface area contributed by atoms with E-state index in [1.54, 1.807) is 7.11 Å². The van der Waals surface area contributed by atoms with E-state index >= 15 is 0 Å². The maximum absolute atomic E-state index is 5.22. The summed E-state index contributed by atoms with van der Waals surface area (Å²) in [6.07, 6.45) is 1.06. The minimum Gasteiger partial charge on any atom is -0.496 e. The van der Waals surface area contributed by atoms with Crippen LogP contribution in [0.2, 0.25) is 0 Å². The Kier molecular flexibility index (Phi) is 6.43. The average Bonchev–Trinajstić information content (AvgIpc) is 2.36. The molecule has 0 aliphatic rings. The highest BCUT2D eigenvalue weighted by Gasteiger charge is 2.09. The Balaban J connectivity index is 2.63. The lowest BCUT2D eigenvalue weighted by atomic mass is 10.1. The van der Waals surface area contributed by atoms with E-state index in [2.05, 4.69) is 40.4 Å². The molecule has 1 aromatic carbocycles. The second-order valence-corrected chi connectivity index (χ2v) is 5.28. The number of hydrogen-bond donors (Lipinski definition) is 2. The van der Waals surface area contributed by atoms with E-state index in [9.17, 15) is 0 Å². The van der Waals surface area contributed by atoms with Gasteiger partial charge >= 0.3 is 0 Å². The second kappa shape index (κ2) is 7.59. The van der Waals surface area contributed by atoms with E-state index in [0.717, 1.165) is 28.8 Å². The summed E-state index contributed by atoms with van der Waals surface area (Å²) < 4.78 is 6.16. The van der Waals surface area contributed by atoms with Gasteiger partial charge in [-0.2, -0.15) is 0 Å². The SMILES string of the molecule is CCCNC(=S)N[C@H](C)c1ccc(OC)c(Br)c1. The molecule has 0 fully saturated rings. The summed E-state index contributed by atoms with van der Waals surface area (Å²) in [6, 6.07) is 6.17. The molecule has 0 saturated carbocycles. The molecule has 3 nitrogen and oxygen atoms in total. The molecule has 0 amide bonds. The predicted molar refractivity (Wildman–Crippen MR) is 83.1 cm³/mol. The van der Waals surface area contributed by atoms with Crippen LogP contribution in [-0.2, 0) is 0 Å². The number of halogens is 1. The van der Waals surface area contributed by atoms with Crippen LogP contribution in [0.3, 0.4) is 0 Å². The molecular weight excluding hydrogens is 312 g/mol. The molecule has 0 bridgehead atoms. The van der Waals surface area contributed by atoms with Crippen molar-refractivity contribution in [1.29, 1.82) is 0 Å². The van der Waals surface area contributed by atoms with E-state index < -0.39 is 0 Å². The first-order valence-electron chi connectivity index (χ1n) is 5.96. The van der Waals surface area contributed by atoms with Gasteiger partial charge in [0.05, 0.1) is 17.6 Å². The number of nitrogens with one attached hydrogen (secondary N) is 2. The highest BCUT2D eigenvalue weighted by molar-refractivity contribution is 9.10. The van der Waals surface area contributed by atoms with Gasteiger partial charge in [-0.3, -0.25) is 0 Å². The first-order valence-corrected chi connectivity index (χ1v) is 7.16. The standard InChI is InChI=1S/C13H19BrN2OS/c1-4-7-15-13(18)16-9(2)10-5-6-12(17-3)11(14)8-10/h5-6,8-9H,4,7H2,1-3H3,(H2,15,16,18)/t9-/m1/s1. The zero-order valence-electron chi connectivity index (χ0n) is 10.9. The maximum atomic E-state index is 5.22. The molecular formula is C13H19BrN2OS. The molecule has 0 aliphatic carbocycles. The van der Waals surface area contributed by atoms with Gasteiger partial charge < -0.3 is 15.4 Å². The zero-order chi connectivity index (χ0) is 13.5. The fourth-order valence-corrected chi connectivity index (χ4v) is 2.36. The van der Waals surface area contributed by atoms with Crippen LogP contribution in [0, 0.1) is 0 Å². The fraction of sp³-hybridized carbons (Fsp3) is 0.462. The summed E-state index contributed by atoms with van der Waals surface area (Å²) in [5.74, 6) is 0.831. The Bertz CT molecular complexity index is 412. The Hall–Kier alpha value is -0.810. The highest BCUT2D eigenvalue weighted by Crippen LogP contribution is 2.27. The summed E-state index contributed by atoms with van der Waals surface area (Å²) in [6.45, 7) is 5.08. The van der Waals surface area contributed by atoms with Gasteiger partial charge in [-0.15, -0.1) is 0 Å². The largest absolute Gasteiger partial charge is 0.496 e. The van der Waals surface area contributed by atoms with Gasteiger partial charge in [0.25, 0.3) is 0 Å². The molecule has 0 heterocycles. The average molecular weight is 331 g/mol. The molecule has 1 rings (SSSR count). The van der Waals surface area contributed by atoms with Crippen LogP contribution in [0.15, 0.2) is 22.7 Å². The number of methoxy groups -OCH3 is 1. The van der Waals surface area contributed by atoms with Gasteiger partial charge in [-0.25, -0.2) is 0 Å². The third kappa shape index (κ3) is 4.46. The van der Waals surface area contributed by atoms with E-state index in [1.165, 1.54) is 0 Å². The molecule has 18 heavy (non-hydrogen) atoms. The van der Waals surface area contributed by atoms with Crippen molar-refractivity contribution >= 4 is 33.3 Å². The maximum Gasteiger partial charge on any atom is 0.166 e. The fourth-order valence-electron chi connectivity index (χ4n) is 1.52. The number of thiocarbonyl (C=S) groups is 1. The molecule has 1 aromatic rings. The smallest absolute Gasteiger partial charge is 0.166 e. The second-order valence-electron chi connectivity index (χ2n) is 4.02. The van der Waals surface area contributed by atoms with Crippen molar-refractivity contribution < 1.29 is 4.74 Å². The van der Waals surface area contributed by atoms with E-state index in [4.69, 9.17) is 17.0 Å². The molecule has 0 saturated heterocycles. The number of benzene rings is 1. The number of hydrogen-bond acceptors (Lipinski definition) is 2. The minimum absolute atomic E-state index is 0.157. The first-order chi connectivity index (χ1) is 8.58. The van der Waals surface area contributed by atoms with E-state index in [0.29, 0.717) is 5.11 Å². The van der Waals surface area contributed by atoms with Gasteiger partial charge in [-0.05, 0) is 59.2 Å². The molecule has 2 N–H and O–H groups in total. The van der Waals surface area contributed by atoms with Crippen molar-refractivity contribution in [3.8, 4) is 5.75 Å². The van der Waals surface area contributed by atoms with Crippen molar-refractivity contribution in [3.63, 3.8) is 0 Å². The lowest BCUT2D eigenvalue weighted by molar-refractivity contribution is 0.412. The van der Waals surface area contributed by atoms with Crippen LogP contribution in [0.25, 0.3) is 0 Å². The highest BCUT2D eigenvalue weighted by atomic mass is 79.9. The van der Waals surface area contributed by atoms with Crippen LogP contribution in [0.4, 0.5) is 0 Å². The van der Waals surface area contributed by atoms with Gasteiger partial charge in [0.15, 0.2) is 5.11 Å². The van der Waals surface area contributed by atoms with Crippen LogP contribution in [-0.4, -0.2) is 18.8 Å². The molecule has 0 radical (unpaired) electrons. The van der Waals surface area contributed by atoms with Crippen molar-refractivity contribution in [3.05, 3.63) is 28.2 Å². The Morgan fingerprint density at radius 2 is 2.22 bits per heavy atom. The summed E-state index contributed by atoms with van der Waals surface area (Å²) in [5.41, 5.74) is 1.16. The molecule has 0 aliphatic heterocycles. The predicted octanol–water partition coefficient (Wildman–Crippen LogP) is 3.39. The first kappa shape index (κ1) is 15.2. The number of rotatable bonds is 5. The molecule has 5 heteroatoms. The summed E-state index contributed by atoms with van der Waals surface area (Å²) >= 11 is 8.70. The summed E-state index contributed by atoms with van der Waals surface area (Å²) in [4.78, 5) is 0. The topological polar surface area (TPSA) is 33.3 Å². The van der Waals surface area contributed by atoms with Crippen molar-refractivity contribution in [2.75, 3.05) is 13.7 Å². The molecule has 0 unspecified atom stereocenters. The van der Waals surface area contributed by atoms with Crippen LogP contribution >= 0.6 is 28.1 Å². The van der Waals surface area contributed by atoms with Crippen molar-refractivity contribution in [2.45, 2.75) is 26.3 Å². The summed E-state index contributed by atoms with van der Waals surface area (Å²) in [7, 11) is 1.66. The van der Waals surface area contributed by atoms with Crippen molar-refractivity contribution in [1.82, 2.24) is 10.6 Å². The third-order valence-electron chi connectivity index (χ3n) is 2.56. The summed E-state index contributed by atoms with van der Waals surface area (Å²) in [5, 5.41) is 7.10. The zero-order valence-corrected chi connectivity index (χ0v) is 13.3. The molecule has 0 spiro atoms. The van der Waals surface area contributed by atoms with Gasteiger partial charge in [0.2, 0.25) is 0 Å². The Morgan fingerprint density at radius 3 is 2.78 bits per heavy atom. The van der Waals surface area contributed by atoms with E-state index in [1.807, 2.05) is 18.2 Å². The molecule has 0 aromatic heterocycles. The van der Waals surface area contributed by atoms with E-state index in [-0.39, 0.29) is 6.04 Å². The Labute approximate surface area is 122 Å². The lowest BCUT2D eigenvalue weighted by Gasteiger charge is -2.18. The van der Waals surface area contributed by atoms with Crippen LogP contribution in [0.5, 0.6) is 5.75 Å². The third-order valence-corrected chi connectivity index (χ3v) is 3.44. The lowest BCUT2D eigenvalue weighted by Crippen LogP contribution is -2.37. The van der Waals surface area contributed by atoms with Gasteiger partial charge in [-0.1, -0.05) is 13.0 Å². The minimum atomic E-state index is 0.157. The monoisotopic (exact) mass is 330 g/mol. The number of ether oxygens (including phenoxy) is 1. The quantitative estimate of drug-likeness (QED) is 0.811. The van der Waals surface area contributed by atoms with Crippen LogP contribution in [0.1, 0.15) is 31.9 Å². The van der Waals surface area contributed by atoms with Gasteiger partial charge in [0.1, 0.15) is 5.75 Å². The van der Waals surface area contributed by atoms with Crippen LogP contribution < -0.4 is 15.4 Å². The van der Waals surface area contributed by atoms with Gasteiger partial charge in [0, 0.05) is 6.54 Å². The Morgan fingerprint density at radius 1 is 1.50 bits per heavy atom. The molecule has 1 atom stereocenters.